The highest BCUT2D eigenvalue weighted by molar-refractivity contribution is 4.68. The van der Waals surface area contributed by atoms with Gasteiger partial charge in [0.25, 0.3) is 0 Å². The molecule has 1 N–H and O–H groups in total. The van der Waals surface area contributed by atoms with E-state index in [2.05, 4.69) is 0 Å². The van der Waals surface area contributed by atoms with Crippen LogP contribution in [0.3, 0.4) is 0 Å². The average molecular weight is 214 g/mol. The molecule has 1 rings (SSSR count). The molecule has 0 saturated heterocycles. The molecule has 1 saturated carbocycles. The molecule has 0 aromatic heterocycles. The molecule has 0 radical (unpaired) electrons. The third kappa shape index (κ3) is 6.16. The SMILES string of the molecule is CC(C)OCC(O)CC1CCCCCC1. The van der Waals surface area contributed by atoms with Crippen molar-refractivity contribution in [1.82, 2.24) is 0 Å². The highest BCUT2D eigenvalue weighted by atomic mass is 16.5. The molecular weight excluding hydrogens is 188 g/mol. The molecule has 0 heterocycles. The largest absolute Gasteiger partial charge is 0.391 e. The van der Waals surface area contributed by atoms with Crippen molar-refractivity contribution in [2.75, 3.05) is 6.61 Å². The van der Waals surface area contributed by atoms with Gasteiger partial charge in [-0.1, -0.05) is 38.5 Å². The van der Waals surface area contributed by atoms with Crippen molar-refractivity contribution in [2.24, 2.45) is 5.92 Å². The van der Waals surface area contributed by atoms with Gasteiger partial charge < -0.3 is 9.84 Å². The van der Waals surface area contributed by atoms with Gasteiger partial charge in [-0.25, -0.2) is 0 Å². The van der Waals surface area contributed by atoms with Crippen molar-refractivity contribution in [3.63, 3.8) is 0 Å². The third-order valence-electron chi connectivity index (χ3n) is 3.20. The van der Waals surface area contributed by atoms with Crippen molar-refractivity contribution in [3.8, 4) is 0 Å². The van der Waals surface area contributed by atoms with Crippen LogP contribution in [-0.2, 0) is 4.74 Å². The maximum absolute atomic E-state index is 9.82. The van der Waals surface area contributed by atoms with Crippen molar-refractivity contribution >= 4 is 0 Å². The van der Waals surface area contributed by atoms with Gasteiger partial charge >= 0.3 is 0 Å². The predicted molar refractivity (Wildman–Crippen MR) is 62.9 cm³/mol. The van der Waals surface area contributed by atoms with Crippen LogP contribution in [0, 0.1) is 5.92 Å². The van der Waals surface area contributed by atoms with Gasteiger partial charge in [0.2, 0.25) is 0 Å². The quantitative estimate of drug-likeness (QED) is 0.712. The smallest absolute Gasteiger partial charge is 0.0776 e. The Morgan fingerprint density at radius 2 is 1.73 bits per heavy atom. The monoisotopic (exact) mass is 214 g/mol. The second kappa shape index (κ2) is 7.24. The lowest BCUT2D eigenvalue weighted by Crippen LogP contribution is -2.21. The van der Waals surface area contributed by atoms with E-state index in [4.69, 9.17) is 4.74 Å². The molecule has 0 aliphatic heterocycles. The average Bonchev–Trinajstić information content (AvgIpc) is 2.43. The minimum absolute atomic E-state index is 0.230. The van der Waals surface area contributed by atoms with Gasteiger partial charge in [-0.2, -0.15) is 0 Å². The lowest BCUT2D eigenvalue weighted by molar-refractivity contribution is -0.00452. The second-order valence-corrected chi connectivity index (χ2v) is 5.13. The van der Waals surface area contributed by atoms with E-state index < -0.39 is 0 Å². The lowest BCUT2D eigenvalue weighted by Gasteiger charge is -2.19. The summed E-state index contributed by atoms with van der Waals surface area (Å²) >= 11 is 0. The molecule has 1 fully saturated rings. The van der Waals surface area contributed by atoms with E-state index in [1.807, 2.05) is 13.8 Å². The number of ether oxygens (including phenoxy) is 1. The minimum atomic E-state index is -0.254. The molecule has 90 valence electrons. The molecule has 0 amide bonds. The van der Waals surface area contributed by atoms with Crippen molar-refractivity contribution < 1.29 is 9.84 Å². The lowest BCUT2D eigenvalue weighted by atomic mass is 9.94. The maximum atomic E-state index is 9.82. The molecule has 1 atom stereocenters. The Hall–Kier alpha value is -0.0800. The topological polar surface area (TPSA) is 29.5 Å². The van der Waals surface area contributed by atoms with E-state index in [9.17, 15) is 5.11 Å². The van der Waals surface area contributed by atoms with Crippen LogP contribution in [0.5, 0.6) is 0 Å². The third-order valence-corrected chi connectivity index (χ3v) is 3.20. The first-order chi connectivity index (χ1) is 7.18. The molecule has 0 aromatic rings. The Balaban J connectivity index is 2.14. The molecule has 0 spiro atoms. The summed E-state index contributed by atoms with van der Waals surface area (Å²) in [7, 11) is 0. The Labute approximate surface area is 94.0 Å². The van der Waals surface area contributed by atoms with Gasteiger partial charge in [-0.05, 0) is 26.2 Å². The Kier molecular flexibility index (Phi) is 6.26. The zero-order chi connectivity index (χ0) is 11.1. The molecular formula is C13H26O2. The molecule has 1 aliphatic rings. The van der Waals surface area contributed by atoms with E-state index in [0.717, 1.165) is 12.3 Å². The van der Waals surface area contributed by atoms with E-state index in [0.29, 0.717) is 6.61 Å². The van der Waals surface area contributed by atoms with Gasteiger partial charge in [0.15, 0.2) is 0 Å². The van der Waals surface area contributed by atoms with Crippen LogP contribution in [0.25, 0.3) is 0 Å². The number of hydrogen-bond donors (Lipinski definition) is 1. The van der Waals surface area contributed by atoms with Crippen molar-refractivity contribution in [2.45, 2.75) is 71.0 Å². The summed E-state index contributed by atoms with van der Waals surface area (Å²) in [6, 6.07) is 0. The van der Waals surface area contributed by atoms with E-state index >= 15 is 0 Å². The highest BCUT2D eigenvalue weighted by Gasteiger charge is 2.16. The normalized spacial score (nSPS) is 21.6. The fourth-order valence-electron chi connectivity index (χ4n) is 2.36. The summed E-state index contributed by atoms with van der Waals surface area (Å²) in [5, 5.41) is 9.82. The fourth-order valence-corrected chi connectivity index (χ4v) is 2.36. The highest BCUT2D eigenvalue weighted by Crippen LogP contribution is 2.26. The second-order valence-electron chi connectivity index (χ2n) is 5.13. The van der Waals surface area contributed by atoms with Crippen LogP contribution in [0.2, 0.25) is 0 Å². The summed E-state index contributed by atoms with van der Waals surface area (Å²) in [6.07, 6.45) is 8.99. The van der Waals surface area contributed by atoms with Gasteiger partial charge in [-0.3, -0.25) is 0 Å². The van der Waals surface area contributed by atoms with Crippen LogP contribution in [-0.4, -0.2) is 23.9 Å². The molecule has 0 bridgehead atoms. The Bertz CT molecular complexity index is 149. The zero-order valence-corrected chi connectivity index (χ0v) is 10.2. The number of hydrogen-bond acceptors (Lipinski definition) is 2. The molecule has 2 nitrogen and oxygen atoms in total. The van der Waals surface area contributed by atoms with Crippen LogP contribution in [0.15, 0.2) is 0 Å². The predicted octanol–water partition coefficient (Wildman–Crippen LogP) is 3.13. The van der Waals surface area contributed by atoms with Crippen LogP contribution >= 0.6 is 0 Å². The summed E-state index contributed by atoms with van der Waals surface area (Å²) in [4.78, 5) is 0. The summed E-state index contributed by atoms with van der Waals surface area (Å²) < 4.78 is 5.43. The molecule has 15 heavy (non-hydrogen) atoms. The summed E-state index contributed by atoms with van der Waals surface area (Å²) in [6.45, 7) is 4.53. The molecule has 0 aromatic carbocycles. The molecule has 1 aliphatic carbocycles. The molecule has 2 heteroatoms. The van der Waals surface area contributed by atoms with Crippen molar-refractivity contribution in [1.29, 1.82) is 0 Å². The van der Waals surface area contributed by atoms with E-state index in [1.165, 1.54) is 38.5 Å². The summed E-state index contributed by atoms with van der Waals surface area (Å²) in [5.74, 6) is 0.735. The maximum Gasteiger partial charge on any atom is 0.0776 e. The van der Waals surface area contributed by atoms with Gasteiger partial charge in [0.05, 0.1) is 18.8 Å². The Morgan fingerprint density at radius 1 is 1.13 bits per heavy atom. The van der Waals surface area contributed by atoms with Gasteiger partial charge in [0, 0.05) is 0 Å². The van der Waals surface area contributed by atoms with E-state index in [1.54, 1.807) is 0 Å². The van der Waals surface area contributed by atoms with E-state index in [-0.39, 0.29) is 12.2 Å². The van der Waals surface area contributed by atoms with Gasteiger partial charge in [-0.15, -0.1) is 0 Å². The first-order valence-electron chi connectivity index (χ1n) is 6.48. The summed E-state index contributed by atoms with van der Waals surface area (Å²) in [5.41, 5.74) is 0. The standard InChI is InChI=1S/C13H26O2/c1-11(2)15-10-13(14)9-12-7-5-3-4-6-8-12/h11-14H,3-10H2,1-2H3. The molecule has 1 unspecified atom stereocenters. The first kappa shape index (κ1) is 13.0. The van der Waals surface area contributed by atoms with Crippen LogP contribution in [0.1, 0.15) is 58.8 Å². The van der Waals surface area contributed by atoms with Crippen molar-refractivity contribution in [3.05, 3.63) is 0 Å². The number of aliphatic hydroxyl groups is 1. The van der Waals surface area contributed by atoms with Crippen LogP contribution in [0.4, 0.5) is 0 Å². The van der Waals surface area contributed by atoms with Crippen LogP contribution < -0.4 is 0 Å². The zero-order valence-electron chi connectivity index (χ0n) is 10.2. The number of rotatable bonds is 5. The number of aliphatic hydroxyl groups excluding tert-OH is 1. The minimum Gasteiger partial charge on any atom is -0.391 e. The Morgan fingerprint density at radius 3 is 2.27 bits per heavy atom. The van der Waals surface area contributed by atoms with Gasteiger partial charge in [0.1, 0.15) is 0 Å². The first-order valence-corrected chi connectivity index (χ1v) is 6.48. The fraction of sp³-hybridized carbons (Fsp3) is 1.00.